The van der Waals surface area contributed by atoms with Crippen molar-refractivity contribution in [3.63, 3.8) is 0 Å². The first-order chi connectivity index (χ1) is 31.2. The third-order valence-corrected chi connectivity index (χ3v) is 12.2. The fourth-order valence-corrected chi connectivity index (χ4v) is 8.94. The van der Waals surface area contributed by atoms with Crippen LogP contribution >= 0.6 is 46.4 Å². The molecule has 0 radical (unpaired) electrons. The molecule has 4 aromatic heterocycles. The molecule has 5 aromatic carbocycles. The maximum Gasteiger partial charge on any atom is 0.140 e. The van der Waals surface area contributed by atoms with Crippen molar-refractivity contribution < 1.29 is 18.9 Å². The second-order valence-corrected chi connectivity index (χ2v) is 16.2. The molecule has 0 bridgehead atoms. The van der Waals surface area contributed by atoms with Crippen molar-refractivity contribution in [2.24, 2.45) is 0 Å². The molecule has 0 fully saturated rings. The Labute approximate surface area is 388 Å². The van der Waals surface area contributed by atoms with E-state index in [1.807, 2.05) is 97.1 Å². The summed E-state index contributed by atoms with van der Waals surface area (Å²) in [4.78, 5) is 20.1. The molecule has 324 valence electrons. The number of methoxy groups -OCH3 is 4. The number of anilines is 4. The first-order valence-corrected chi connectivity index (χ1v) is 21.6. The molecule has 0 saturated heterocycles. The number of fused-ring (bicyclic) bond motifs is 2. The molecule has 0 spiro atoms. The van der Waals surface area contributed by atoms with Crippen LogP contribution in [0.15, 0.2) is 97.1 Å². The van der Waals surface area contributed by atoms with E-state index in [0.29, 0.717) is 92.5 Å². The molecule has 0 atom stereocenters. The van der Waals surface area contributed by atoms with E-state index in [0.717, 1.165) is 45.3 Å². The number of nitrogens with one attached hydrogen (secondary N) is 4. The van der Waals surface area contributed by atoms with Gasteiger partial charge >= 0.3 is 0 Å². The topological polar surface area (TPSA) is 137 Å². The minimum Gasteiger partial charge on any atom is -0.497 e. The van der Waals surface area contributed by atoms with Crippen LogP contribution in [0.3, 0.4) is 0 Å². The molecule has 12 nitrogen and oxygen atoms in total. The summed E-state index contributed by atoms with van der Waals surface area (Å²) >= 11 is 29.5. The zero-order valence-corrected chi connectivity index (χ0v) is 38.0. The summed E-state index contributed by atoms with van der Waals surface area (Å²) in [6.07, 6.45) is 0. The molecule has 9 rings (SSSR count). The highest BCUT2D eigenvalue weighted by Gasteiger charge is 2.30. The summed E-state index contributed by atoms with van der Waals surface area (Å²) in [6, 6.07) is 31.0. The predicted octanol–water partition coefficient (Wildman–Crippen LogP) is 12.4. The number of hydrogen-bond acceptors (Lipinski definition) is 12. The first-order valence-electron chi connectivity index (χ1n) is 20.1. The number of pyridine rings is 4. The molecule has 0 saturated carbocycles. The van der Waals surface area contributed by atoms with Gasteiger partial charge in [0.25, 0.3) is 0 Å². The van der Waals surface area contributed by atoms with Gasteiger partial charge in [-0.15, -0.1) is 0 Å². The Bertz CT molecular complexity index is 2730. The summed E-state index contributed by atoms with van der Waals surface area (Å²) in [6.45, 7) is 1.61. The molecule has 16 heteroatoms. The van der Waals surface area contributed by atoms with Crippen molar-refractivity contribution in [2.45, 2.75) is 26.2 Å². The highest BCUT2D eigenvalue weighted by molar-refractivity contribution is 6.53. The van der Waals surface area contributed by atoms with E-state index in [9.17, 15) is 0 Å². The summed E-state index contributed by atoms with van der Waals surface area (Å²) in [7, 11) is 6.54. The SMILES string of the molecule is COc1ccc(CNc2nc(Cl)c3c4c(Cl)nc(NCc5ccc(OC)cc5)c5c(NCc6ccc(OC)cc6)nc(Cl)c(c6c(Cl)nc(NCc7ccc(OC)cc7)c2c36)c54)cc1. The largest absolute Gasteiger partial charge is 0.497 e. The van der Waals surface area contributed by atoms with E-state index in [2.05, 4.69) is 21.3 Å². The van der Waals surface area contributed by atoms with Crippen molar-refractivity contribution in [3.8, 4) is 23.0 Å². The Kier molecular flexibility index (Phi) is 12.3. The summed E-state index contributed by atoms with van der Waals surface area (Å²) in [5.41, 5.74) is 3.93. The monoisotopic (exact) mass is 932 g/mol. The van der Waals surface area contributed by atoms with Crippen molar-refractivity contribution in [1.82, 2.24) is 19.9 Å². The minimum absolute atomic E-state index is 0.171. The van der Waals surface area contributed by atoms with Crippen molar-refractivity contribution in [2.75, 3.05) is 49.7 Å². The van der Waals surface area contributed by atoms with E-state index >= 15 is 0 Å². The van der Waals surface area contributed by atoms with Crippen LogP contribution in [0, 0.1) is 0 Å². The fourth-order valence-electron chi connectivity index (χ4n) is 7.84. The number of halogens is 4. The van der Waals surface area contributed by atoms with E-state index in [-0.39, 0.29) is 20.6 Å². The molecule has 0 amide bonds. The summed E-state index contributed by atoms with van der Waals surface area (Å²) in [5.74, 6) is 4.84. The third-order valence-electron chi connectivity index (χ3n) is 11.1. The normalized spacial score (nSPS) is 11.4. The highest BCUT2D eigenvalue weighted by atomic mass is 35.5. The van der Waals surface area contributed by atoms with Crippen LogP contribution in [-0.4, -0.2) is 48.4 Å². The maximum atomic E-state index is 7.37. The molecule has 0 unspecified atom stereocenters. The van der Waals surface area contributed by atoms with Crippen LogP contribution in [0.4, 0.5) is 23.3 Å². The average Bonchev–Trinajstić information content (AvgIpc) is 3.32. The Hall–Kier alpha value is -6.44. The van der Waals surface area contributed by atoms with Gasteiger partial charge in [-0.25, -0.2) is 19.9 Å². The Morgan fingerprint density at radius 2 is 0.516 bits per heavy atom. The van der Waals surface area contributed by atoms with Crippen LogP contribution in [0.1, 0.15) is 22.3 Å². The number of nitrogens with zero attached hydrogens (tertiary/aromatic N) is 4. The Morgan fingerprint density at radius 3 is 0.703 bits per heavy atom. The van der Waals surface area contributed by atoms with Gasteiger partial charge in [-0.3, -0.25) is 0 Å². The highest BCUT2D eigenvalue weighted by Crippen LogP contribution is 2.52. The number of benzene rings is 5. The lowest BCUT2D eigenvalue weighted by Crippen LogP contribution is -2.10. The average molecular weight is 935 g/mol. The van der Waals surface area contributed by atoms with E-state index in [1.54, 1.807) is 28.4 Å². The zero-order valence-electron chi connectivity index (χ0n) is 35.0. The number of rotatable bonds is 16. The molecule has 4 N–H and O–H groups in total. The number of ether oxygens (including phenoxy) is 4. The third kappa shape index (κ3) is 8.25. The number of hydrogen-bond donors (Lipinski definition) is 4. The van der Waals surface area contributed by atoms with Crippen molar-refractivity contribution >= 4 is 113 Å². The molecule has 0 aliphatic carbocycles. The van der Waals surface area contributed by atoms with Gasteiger partial charge in [0, 0.05) is 58.5 Å². The van der Waals surface area contributed by atoms with Crippen molar-refractivity contribution in [1.29, 1.82) is 0 Å². The second-order valence-electron chi connectivity index (χ2n) is 14.8. The van der Waals surface area contributed by atoms with Crippen LogP contribution in [0.25, 0.3) is 43.1 Å². The molecular weight excluding hydrogens is 894 g/mol. The molecule has 4 heterocycles. The quantitative estimate of drug-likeness (QED) is 0.0417. The van der Waals surface area contributed by atoms with Gasteiger partial charge < -0.3 is 40.2 Å². The lowest BCUT2D eigenvalue weighted by Gasteiger charge is -2.23. The van der Waals surface area contributed by atoms with Gasteiger partial charge in [0.05, 0.1) is 39.2 Å². The van der Waals surface area contributed by atoms with Gasteiger partial charge in [-0.2, -0.15) is 0 Å². The predicted molar refractivity (Wildman–Crippen MR) is 260 cm³/mol. The zero-order chi connectivity index (χ0) is 44.5. The molecule has 0 aliphatic rings. The summed E-state index contributed by atoms with van der Waals surface area (Å²) in [5, 5.41) is 19.4. The first kappa shape index (κ1) is 42.8. The standard InChI is InChI=1S/C48H40Cl4N8O4/c1-61-29-13-5-25(6-14-29)21-53-45-39-33-35(41(49)57-45)37-34-38(36(33)42(50)58-46(39)54-22-26-7-15-30(62-2)16-8-26)44(52)60-48(56-24-28-11-19-32(64-4)20-12-28)40(34)47(59-43(37)51)55-23-27-9-17-31(63-3)18-10-27/h5-20H,21-24H2,1-4H3,(H,53,57)(H,54,58)(H,55,59)(H,56,60). The van der Waals surface area contributed by atoms with Crippen LogP contribution in [0.5, 0.6) is 23.0 Å². The Morgan fingerprint density at radius 1 is 0.312 bits per heavy atom. The Balaban J connectivity index is 1.27. The molecule has 64 heavy (non-hydrogen) atoms. The summed E-state index contributed by atoms with van der Waals surface area (Å²) < 4.78 is 21.6. The molecule has 0 aliphatic heterocycles. The van der Waals surface area contributed by atoms with Crippen molar-refractivity contribution in [3.05, 3.63) is 140 Å². The second kappa shape index (κ2) is 18.3. The molecular formula is C48H40Cl4N8O4. The number of aromatic nitrogens is 4. The van der Waals surface area contributed by atoms with E-state index < -0.39 is 0 Å². The van der Waals surface area contributed by atoms with Crippen LogP contribution in [-0.2, 0) is 26.2 Å². The minimum atomic E-state index is 0.171. The molecule has 9 aromatic rings. The van der Waals surface area contributed by atoms with Gasteiger partial charge in [-0.05, 0) is 70.8 Å². The van der Waals surface area contributed by atoms with Gasteiger partial charge in [0.2, 0.25) is 0 Å². The van der Waals surface area contributed by atoms with Crippen LogP contribution in [0.2, 0.25) is 20.6 Å². The fraction of sp³-hybridized carbons (Fsp3) is 0.167. The maximum absolute atomic E-state index is 7.37. The van der Waals surface area contributed by atoms with E-state index in [4.69, 9.17) is 85.3 Å². The van der Waals surface area contributed by atoms with Gasteiger partial charge in [0.1, 0.15) is 66.9 Å². The lowest BCUT2D eigenvalue weighted by atomic mass is 9.93. The van der Waals surface area contributed by atoms with Crippen LogP contribution < -0.4 is 40.2 Å². The smallest absolute Gasteiger partial charge is 0.140 e. The van der Waals surface area contributed by atoms with Gasteiger partial charge in [-0.1, -0.05) is 94.9 Å². The van der Waals surface area contributed by atoms with E-state index in [1.165, 1.54) is 0 Å². The lowest BCUT2D eigenvalue weighted by molar-refractivity contribution is 0.414. The van der Waals surface area contributed by atoms with Gasteiger partial charge in [0.15, 0.2) is 0 Å².